The second-order valence-corrected chi connectivity index (χ2v) is 4.74. The molecule has 3 N–H and O–H groups in total. The molecule has 7 heteroatoms. The molecule has 2 unspecified atom stereocenters. The van der Waals surface area contributed by atoms with Crippen LogP contribution in [0.4, 0.5) is 18.9 Å². The van der Waals surface area contributed by atoms with Gasteiger partial charge in [0.05, 0.1) is 18.6 Å². The van der Waals surface area contributed by atoms with Gasteiger partial charge in [-0.1, -0.05) is 0 Å². The molecule has 1 amide bonds. The van der Waals surface area contributed by atoms with Crippen LogP contribution in [0.5, 0.6) is 0 Å². The number of halogens is 3. The van der Waals surface area contributed by atoms with E-state index < -0.39 is 40.5 Å². The quantitative estimate of drug-likeness (QED) is 0.857. The van der Waals surface area contributed by atoms with Crippen LogP contribution in [0.3, 0.4) is 0 Å². The Morgan fingerprint density at radius 3 is 2.47 bits per heavy atom. The molecule has 19 heavy (non-hydrogen) atoms. The summed E-state index contributed by atoms with van der Waals surface area (Å²) in [4.78, 5) is 12.0. The molecule has 1 aliphatic heterocycles. The minimum absolute atomic E-state index is 0.0600. The summed E-state index contributed by atoms with van der Waals surface area (Å²) >= 11 is 0. The number of anilines is 1. The van der Waals surface area contributed by atoms with Crippen LogP contribution in [0.1, 0.15) is 6.92 Å². The highest BCUT2D eigenvalue weighted by atomic mass is 19.1. The van der Waals surface area contributed by atoms with Crippen molar-refractivity contribution in [3.05, 3.63) is 29.6 Å². The van der Waals surface area contributed by atoms with Gasteiger partial charge in [-0.3, -0.25) is 4.79 Å². The number of carbonyl (C=O) groups is 1. The highest BCUT2D eigenvalue weighted by Gasteiger charge is 2.44. The van der Waals surface area contributed by atoms with Gasteiger partial charge in [0, 0.05) is 18.2 Å². The van der Waals surface area contributed by atoms with Gasteiger partial charge in [0.25, 0.3) is 0 Å². The van der Waals surface area contributed by atoms with Crippen LogP contribution >= 0.6 is 0 Å². The van der Waals surface area contributed by atoms with Crippen LogP contribution in [0.2, 0.25) is 0 Å². The Hall–Kier alpha value is -1.60. The highest BCUT2D eigenvalue weighted by molar-refractivity contribution is 5.96. The molecule has 1 fully saturated rings. The third-order valence-electron chi connectivity index (χ3n) is 3.28. The lowest BCUT2D eigenvalue weighted by Crippen LogP contribution is -2.47. The average Bonchev–Trinajstić information content (AvgIpc) is 2.65. The second kappa shape index (κ2) is 4.82. The summed E-state index contributed by atoms with van der Waals surface area (Å²) in [6.07, 6.45) is 0. The molecular weight excluding hydrogens is 261 g/mol. The van der Waals surface area contributed by atoms with Crippen LogP contribution in [0, 0.1) is 22.9 Å². The van der Waals surface area contributed by atoms with E-state index in [-0.39, 0.29) is 13.2 Å². The first-order chi connectivity index (χ1) is 8.84. The number of amides is 1. The SMILES string of the molecule is CC1(C(=O)Nc2c(F)cc(F)cc2F)COCC1N. The van der Waals surface area contributed by atoms with Crippen LogP contribution in [0.25, 0.3) is 0 Å². The van der Waals surface area contributed by atoms with Crippen molar-refractivity contribution < 1.29 is 22.7 Å². The summed E-state index contributed by atoms with van der Waals surface area (Å²) in [6.45, 7) is 1.79. The van der Waals surface area contributed by atoms with Crippen molar-refractivity contribution in [1.82, 2.24) is 0 Å². The molecule has 0 aliphatic carbocycles. The summed E-state index contributed by atoms with van der Waals surface area (Å²) in [6, 6.07) is 0.414. The van der Waals surface area contributed by atoms with Crippen LogP contribution < -0.4 is 11.1 Å². The number of benzene rings is 1. The zero-order valence-electron chi connectivity index (χ0n) is 10.2. The van der Waals surface area contributed by atoms with Crippen molar-refractivity contribution in [1.29, 1.82) is 0 Å². The monoisotopic (exact) mass is 274 g/mol. The smallest absolute Gasteiger partial charge is 0.234 e. The van der Waals surface area contributed by atoms with Gasteiger partial charge in [-0.15, -0.1) is 0 Å². The first-order valence-electron chi connectivity index (χ1n) is 5.64. The van der Waals surface area contributed by atoms with Gasteiger partial charge in [0.2, 0.25) is 5.91 Å². The van der Waals surface area contributed by atoms with E-state index in [4.69, 9.17) is 10.5 Å². The lowest BCUT2D eigenvalue weighted by molar-refractivity contribution is -0.125. The van der Waals surface area contributed by atoms with E-state index in [0.29, 0.717) is 12.1 Å². The Balaban J connectivity index is 2.25. The summed E-state index contributed by atoms with van der Waals surface area (Å²) in [5.41, 5.74) is 3.97. The molecule has 0 spiro atoms. The number of carbonyl (C=O) groups excluding carboxylic acids is 1. The molecule has 2 atom stereocenters. The zero-order chi connectivity index (χ0) is 14.2. The van der Waals surface area contributed by atoms with Gasteiger partial charge in [0.1, 0.15) is 11.5 Å². The van der Waals surface area contributed by atoms with Crippen molar-refractivity contribution >= 4 is 11.6 Å². The molecule has 0 bridgehead atoms. The Morgan fingerprint density at radius 1 is 1.42 bits per heavy atom. The molecule has 1 aromatic rings. The number of nitrogens with one attached hydrogen (secondary N) is 1. The van der Waals surface area contributed by atoms with Crippen LogP contribution in [0.15, 0.2) is 12.1 Å². The van der Waals surface area contributed by atoms with E-state index in [1.807, 2.05) is 0 Å². The number of hydrogen-bond donors (Lipinski definition) is 2. The fourth-order valence-electron chi connectivity index (χ4n) is 1.84. The minimum Gasteiger partial charge on any atom is -0.379 e. The fourth-order valence-corrected chi connectivity index (χ4v) is 1.84. The molecule has 4 nitrogen and oxygen atoms in total. The Bertz CT molecular complexity index is 501. The van der Waals surface area contributed by atoms with Gasteiger partial charge in [-0.25, -0.2) is 13.2 Å². The van der Waals surface area contributed by atoms with Gasteiger partial charge < -0.3 is 15.8 Å². The van der Waals surface area contributed by atoms with E-state index in [2.05, 4.69) is 5.32 Å². The summed E-state index contributed by atoms with van der Waals surface area (Å²) in [7, 11) is 0. The molecule has 1 aromatic carbocycles. The van der Waals surface area contributed by atoms with Crippen LogP contribution in [-0.2, 0) is 9.53 Å². The lowest BCUT2D eigenvalue weighted by atomic mass is 9.85. The molecule has 104 valence electrons. The molecule has 0 saturated carbocycles. The lowest BCUT2D eigenvalue weighted by Gasteiger charge is -2.25. The van der Waals surface area contributed by atoms with Crippen molar-refractivity contribution in [3.63, 3.8) is 0 Å². The molecule has 1 saturated heterocycles. The van der Waals surface area contributed by atoms with Gasteiger partial charge in [-0.05, 0) is 6.92 Å². The molecule has 2 rings (SSSR count). The first-order valence-corrected chi connectivity index (χ1v) is 5.64. The predicted octanol–water partition coefficient (Wildman–Crippen LogP) is 1.41. The predicted molar refractivity (Wildman–Crippen MR) is 61.8 cm³/mol. The molecule has 0 aromatic heterocycles. The maximum absolute atomic E-state index is 13.4. The largest absolute Gasteiger partial charge is 0.379 e. The van der Waals surface area contributed by atoms with E-state index in [1.54, 1.807) is 6.92 Å². The van der Waals surface area contributed by atoms with Crippen molar-refractivity contribution in [2.45, 2.75) is 13.0 Å². The summed E-state index contributed by atoms with van der Waals surface area (Å²) < 4.78 is 44.7. The van der Waals surface area contributed by atoms with E-state index >= 15 is 0 Å². The topological polar surface area (TPSA) is 64.3 Å². The second-order valence-electron chi connectivity index (χ2n) is 4.74. The number of hydrogen-bond acceptors (Lipinski definition) is 3. The number of nitrogens with two attached hydrogens (primary N) is 1. The molecular formula is C12H13F3N2O2. The number of ether oxygens (including phenoxy) is 1. The fraction of sp³-hybridized carbons (Fsp3) is 0.417. The minimum atomic E-state index is -1.18. The Labute approximate surface area is 107 Å². The van der Waals surface area contributed by atoms with E-state index in [1.165, 1.54) is 0 Å². The summed E-state index contributed by atoms with van der Waals surface area (Å²) in [5, 5.41) is 2.10. The maximum atomic E-state index is 13.4. The molecule has 1 heterocycles. The van der Waals surface area contributed by atoms with Crippen LogP contribution in [-0.4, -0.2) is 25.2 Å². The van der Waals surface area contributed by atoms with Crippen molar-refractivity contribution in [2.24, 2.45) is 11.1 Å². The Morgan fingerprint density at radius 2 is 2.00 bits per heavy atom. The van der Waals surface area contributed by atoms with E-state index in [9.17, 15) is 18.0 Å². The van der Waals surface area contributed by atoms with E-state index in [0.717, 1.165) is 0 Å². The van der Waals surface area contributed by atoms with Crippen molar-refractivity contribution in [2.75, 3.05) is 18.5 Å². The molecule has 0 radical (unpaired) electrons. The Kier molecular flexibility index (Phi) is 3.51. The maximum Gasteiger partial charge on any atom is 0.234 e. The highest BCUT2D eigenvalue weighted by Crippen LogP contribution is 2.30. The third-order valence-corrected chi connectivity index (χ3v) is 3.28. The third kappa shape index (κ3) is 2.43. The standard InChI is InChI=1S/C12H13F3N2O2/c1-12(5-19-4-9(12)16)11(18)17-10-7(14)2-6(13)3-8(10)15/h2-3,9H,4-5,16H2,1H3,(H,17,18). The van der Waals surface area contributed by atoms with Gasteiger partial charge >= 0.3 is 0 Å². The van der Waals surface area contributed by atoms with Gasteiger partial charge in [0.15, 0.2) is 11.6 Å². The van der Waals surface area contributed by atoms with Gasteiger partial charge in [-0.2, -0.15) is 0 Å². The summed E-state index contributed by atoms with van der Waals surface area (Å²) in [5.74, 6) is -4.08. The molecule has 1 aliphatic rings. The van der Waals surface area contributed by atoms with Crippen molar-refractivity contribution in [3.8, 4) is 0 Å². The first kappa shape index (κ1) is 13.8. The zero-order valence-corrected chi connectivity index (χ0v) is 10.2. The normalized spacial score (nSPS) is 26.5. The number of rotatable bonds is 2. The average molecular weight is 274 g/mol.